The van der Waals surface area contributed by atoms with Crippen LogP contribution in [0.3, 0.4) is 0 Å². The van der Waals surface area contributed by atoms with E-state index in [0.29, 0.717) is 6.54 Å². The van der Waals surface area contributed by atoms with Gasteiger partial charge in [-0.3, -0.25) is 9.58 Å². The van der Waals surface area contributed by atoms with Crippen LogP contribution in [0.4, 0.5) is 0 Å². The van der Waals surface area contributed by atoms with E-state index >= 15 is 0 Å². The molecule has 2 N–H and O–H groups in total. The molecule has 20 heavy (non-hydrogen) atoms. The standard InChI is InChI=1S/C16H24N4/c1-4-20(12-14-8-6-5-7-9-14)16(10-17)15-11-18-19(3)13(15)2/h5-9,11,16H,4,10,12,17H2,1-3H3. The number of likely N-dealkylation sites (N-methyl/N-ethyl adjacent to an activating group) is 1. The van der Waals surface area contributed by atoms with Gasteiger partial charge in [0.15, 0.2) is 0 Å². The SMILES string of the molecule is CCN(Cc1ccccc1)C(CN)c1cnn(C)c1C. The third-order valence-electron chi connectivity index (χ3n) is 3.93. The van der Waals surface area contributed by atoms with Gasteiger partial charge < -0.3 is 5.73 Å². The first-order valence-corrected chi connectivity index (χ1v) is 7.13. The lowest BCUT2D eigenvalue weighted by atomic mass is 10.1. The van der Waals surface area contributed by atoms with Crippen molar-refractivity contribution in [2.45, 2.75) is 26.4 Å². The summed E-state index contributed by atoms with van der Waals surface area (Å²) < 4.78 is 1.91. The maximum absolute atomic E-state index is 6.03. The molecule has 2 rings (SSSR count). The van der Waals surface area contributed by atoms with E-state index in [9.17, 15) is 0 Å². The molecule has 1 heterocycles. The van der Waals surface area contributed by atoms with Crippen molar-refractivity contribution in [2.75, 3.05) is 13.1 Å². The smallest absolute Gasteiger partial charge is 0.0540 e. The van der Waals surface area contributed by atoms with Gasteiger partial charge in [-0.25, -0.2) is 0 Å². The molecule has 0 spiro atoms. The van der Waals surface area contributed by atoms with Gasteiger partial charge in [0, 0.05) is 31.4 Å². The Morgan fingerprint density at radius 3 is 2.50 bits per heavy atom. The molecule has 0 fully saturated rings. The van der Waals surface area contributed by atoms with Gasteiger partial charge in [-0.05, 0) is 19.0 Å². The second-order valence-electron chi connectivity index (χ2n) is 5.11. The number of nitrogens with two attached hydrogens (primary N) is 1. The van der Waals surface area contributed by atoms with Crippen LogP contribution in [0.25, 0.3) is 0 Å². The lowest BCUT2D eigenvalue weighted by Gasteiger charge is -2.30. The van der Waals surface area contributed by atoms with Crippen LogP contribution in [0.1, 0.15) is 29.8 Å². The molecule has 0 aliphatic heterocycles. The number of aromatic nitrogens is 2. The largest absolute Gasteiger partial charge is 0.329 e. The molecule has 1 atom stereocenters. The lowest BCUT2D eigenvalue weighted by molar-refractivity contribution is 0.203. The normalized spacial score (nSPS) is 12.8. The minimum absolute atomic E-state index is 0.217. The molecule has 108 valence electrons. The Bertz CT molecular complexity index is 533. The van der Waals surface area contributed by atoms with Gasteiger partial charge in [-0.2, -0.15) is 5.10 Å². The second-order valence-corrected chi connectivity index (χ2v) is 5.11. The summed E-state index contributed by atoms with van der Waals surface area (Å²) in [6, 6.07) is 10.7. The summed E-state index contributed by atoms with van der Waals surface area (Å²) in [5.74, 6) is 0. The predicted octanol–water partition coefficient (Wildman–Crippen LogP) is 2.25. The summed E-state index contributed by atoms with van der Waals surface area (Å²) in [4.78, 5) is 2.40. The fourth-order valence-corrected chi connectivity index (χ4v) is 2.58. The minimum Gasteiger partial charge on any atom is -0.329 e. The number of benzene rings is 1. The van der Waals surface area contributed by atoms with Crippen molar-refractivity contribution in [1.29, 1.82) is 0 Å². The van der Waals surface area contributed by atoms with Crippen LogP contribution < -0.4 is 5.73 Å². The summed E-state index contributed by atoms with van der Waals surface area (Å²) >= 11 is 0. The van der Waals surface area contributed by atoms with Crippen LogP contribution >= 0.6 is 0 Å². The number of nitrogens with zero attached hydrogens (tertiary/aromatic N) is 3. The molecule has 0 saturated carbocycles. The molecule has 4 nitrogen and oxygen atoms in total. The van der Waals surface area contributed by atoms with Gasteiger partial charge in [-0.15, -0.1) is 0 Å². The third kappa shape index (κ3) is 3.08. The minimum atomic E-state index is 0.217. The first-order valence-electron chi connectivity index (χ1n) is 7.13. The van der Waals surface area contributed by atoms with Crippen molar-refractivity contribution in [3.05, 3.63) is 53.3 Å². The van der Waals surface area contributed by atoms with Crippen LogP contribution in [-0.4, -0.2) is 27.8 Å². The highest BCUT2D eigenvalue weighted by Crippen LogP contribution is 2.24. The molecule has 0 amide bonds. The van der Waals surface area contributed by atoms with E-state index in [1.807, 2.05) is 24.0 Å². The number of hydrogen-bond donors (Lipinski definition) is 1. The number of aryl methyl sites for hydroxylation is 1. The zero-order valence-corrected chi connectivity index (χ0v) is 12.6. The van der Waals surface area contributed by atoms with E-state index in [4.69, 9.17) is 5.73 Å². The zero-order valence-electron chi connectivity index (χ0n) is 12.6. The maximum Gasteiger partial charge on any atom is 0.0540 e. The van der Waals surface area contributed by atoms with Crippen LogP contribution in [0, 0.1) is 6.92 Å². The topological polar surface area (TPSA) is 47.1 Å². The van der Waals surface area contributed by atoms with E-state index in [-0.39, 0.29) is 6.04 Å². The molecule has 1 aromatic carbocycles. The Morgan fingerprint density at radius 1 is 1.30 bits per heavy atom. The Labute approximate surface area is 121 Å². The molecule has 1 unspecified atom stereocenters. The first kappa shape index (κ1) is 14.8. The molecule has 0 aliphatic rings. The van der Waals surface area contributed by atoms with Crippen LogP contribution in [-0.2, 0) is 13.6 Å². The zero-order chi connectivity index (χ0) is 14.5. The molecule has 0 aliphatic carbocycles. The average molecular weight is 272 g/mol. The molecular formula is C16H24N4. The molecule has 0 radical (unpaired) electrons. The molecule has 0 bridgehead atoms. The van der Waals surface area contributed by atoms with Gasteiger partial charge in [0.2, 0.25) is 0 Å². The monoisotopic (exact) mass is 272 g/mol. The van der Waals surface area contributed by atoms with Crippen LogP contribution in [0.15, 0.2) is 36.5 Å². The number of rotatable bonds is 6. The highest BCUT2D eigenvalue weighted by molar-refractivity contribution is 5.22. The fraction of sp³-hybridized carbons (Fsp3) is 0.438. The lowest BCUT2D eigenvalue weighted by Crippen LogP contribution is -2.33. The van der Waals surface area contributed by atoms with E-state index < -0.39 is 0 Å². The molecule has 4 heteroatoms. The second kappa shape index (κ2) is 6.68. The van der Waals surface area contributed by atoms with Gasteiger partial charge in [0.05, 0.1) is 12.2 Å². The predicted molar refractivity (Wildman–Crippen MR) is 82.3 cm³/mol. The van der Waals surface area contributed by atoms with Crippen molar-refractivity contribution < 1.29 is 0 Å². The fourth-order valence-electron chi connectivity index (χ4n) is 2.58. The summed E-state index contributed by atoms with van der Waals surface area (Å²) in [7, 11) is 1.97. The van der Waals surface area contributed by atoms with E-state index in [0.717, 1.165) is 13.1 Å². The van der Waals surface area contributed by atoms with Crippen molar-refractivity contribution in [3.8, 4) is 0 Å². The van der Waals surface area contributed by atoms with Gasteiger partial charge in [0.25, 0.3) is 0 Å². The van der Waals surface area contributed by atoms with Gasteiger partial charge in [-0.1, -0.05) is 37.3 Å². The molecular weight excluding hydrogens is 248 g/mol. The Balaban J connectivity index is 2.22. The highest BCUT2D eigenvalue weighted by Gasteiger charge is 2.21. The number of hydrogen-bond acceptors (Lipinski definition) is 3. The molecule has 1 aromatic heterocycles. The van der Waals surface area contributed by atoms with Gasteiger partial charge >= 0.3 is 0 Å². The Morgan fingerprint density at radius 2 is 2.00 bits per heavy atom. The van der Waals surface area contributed by atoms with Crippen molar-refractivity contribution in [1.82, 2.24) is 14.7 Å². The van der Waals surface area contributed by atoms with Crippen LogP contribution in [0.2, 0.25) is 0 Å². The van der Waals surface area contributed by atoms with Crippen LogP contribution in [0.5, 0.6) is 0 Å². The van der Waals surface area contributed by atoms with E-state index in [1.165, 1.54) is 16.8 Å². The van der Waals surface area contributed by atoms with Gasteiger partial charge in [0.1, 0.15) is 0 Å². The Hall–Kier alpha value is -1.65. The van der Waals surface area contributed by atoms with E-state index in [1.54, 1.807) is 0 Å². The summed E-state index contributed by atoms with van der Waals surface area (Å²) in [6.45, 7) is 6.75. The Kier molecular flexibility index (Phi) is 4.93. The van der Waals surface area contributed by atoms with E-state index in [2.05, 4.69) is 48.1 Å². The highest BCUT2D eigenvalue weighted by atomic mass is 15.3. The van der Waals surface area contributed by atoms with Crippen molar-refractivity contribution in [2.24, 2.45) is 12.8 Å². The molecule has 2 aromatic rings. The summed E-state index contributed by atoms with van der Waals surface area (Å²) in [6.07, 6.45) is 1.94. The third-order valence-corrected chi connectivity index (χ3v) is 3.93. The van der Waals surface area contributed by atoms with Crippen molar-refractivity contribution >= 4 is 0 Å². The quantitative estimate of drug-likeness (QED) is 0.877. The van der Waals surface area contributed by atoms with Crippen molar-refractivity contribution in [3.63, 3.8) is 0 Å². The first-order chi connectivity index (χ1) is 9.67. The average Bonchev–Trinajstić information content (AvgIpc) is 2.80. The summed E-state index contributed by atoms with van der Waals surface area (Å²) in [5, 5.41) is 4.34. The molecule has 0 saturated heterocycles. The maximum atomic E-state index is 6.03. The summed E-state index contributed by atoms with van der Waals surface area (Å²) in [5.41, 5.74) is 9.76.